The van der Waals surface area contributed by atoms with Crippen LogP contribution >= 0.6 is 0 Å². The maximum atomic E-state index is 12.8. The molecule has 0 aliphatic heterocycles. The molecule has 0 fully saturated rings. The molecule has 2 aromatic heterocycles. The third kappa shape index (κ3) is 4.30. The largest absolute Gasteiger partial charge is 0.487 e. The Balaban J connectivity index is 1.85. The van der Waals surface area contributed by atoms with Crippen molar-refractivity contribution in [2.24, 2.45) is 0 Å². The number of pyridine rings is 1. The van der Waals surface area contributed by atoms with Crippen molar-refractivity contribution in [1.29, 1.82) is 0 Å². The number of ether oxygens (including phenoxy) is 1. The van der Waals surface area contributed by atoms with Gasteiger partial charge in [0.1, 0.15) is 24.6 Å². The van der Waals surface area contributed by atoms with Gasteiger partial charge in [0.25, 0.3) is 0 Å². The Kier molecular flexibility index (Phi) is 5.39. The zero-order valence-corrected chi connectivity index (χ0v) is 14.0. The molecular weight excluding hydrogens is 347 g/mol. The lowest BCUT2D eigenvalue weighted by molar-refractivity contribution is -0.142. The van der Waals surface area contributed by atoms with Gasteiger partial charge in [-0.3, -0.25) is 9.48 Å². The summed E-state index contributed by atoms with van der Waals surface area (Å²) in [5, 5.41) is 3.82. The van der Waals surface area contributed by atoms with Crippen LogP contribution in [0.4, 0.5) is 13.2 Å². The Hall–Kier alpha value is -2.64. The monoisotopic (exact) mass is 365 g/mol. The van der Waals surface area contributed by atoms with Crippen LogP contribution in [-0.2, 0) is 6.54 Å². The fraction of sp³-hybridized carbons (Fsp3) is 0.389. The number of hydrogen-bond acceptors (Lipinski definition) is 4. The first kappa shape index (κ1) is 18.2. The second-order valence-corrected chi connectivity index (χ2v) is 6.07. The van der Waals surface area contributed by atoms with E-state index in [2.05, 4.69) is 10.1 Å². The van der Waals surface area contributed by atoms with Gasteiger partial charge in [-0.25, -0.2) is 4.98 Å². The SMILES string of the molecule is O=Cc1ncccc1OCC1=C(c2ccnn2CC(F)(F)F)CCCC1. The van der Waals surface area contributed by atoms with Crippen LogP contribution in [0.25, 0.3) is 5.57 Å². The fourth-order valence-corrected chi connectivity index (χ4v) is 3.10. The molecule has 0 saturated carbocycles. The maximum Gasteiger partial charge on any atom is 0.408 e. The average Bonchev–Trinajstić information content (AvgIpc) is 3.06. The lowest BCUT2D eigenvalue weighted by Gasteiger charge is -2.22. The normalized spacial score (nSPS) is 15.2. The topological polar surface area (TPSA) is 57.0 Å². The smallest absolute Gasteiger partial charge is 0.408 e. The van der Waals surface area contributed by atoms with Crippen LogP contribution in [0, 0.1) is 0 Å². The van der Waals surface area contributed by atoms with Gasteiger partial charge in [0.2, 0.25) is 0 Å². The number of aldehydes is 1. The summed E-state index contributed by atoms with van der Waals surface area (Å²) in [6.07, 6.45) is 2.43. The molecule has 0 bridgehead atoms. The highest BCUT2D eigenvalue weighted by atomic mass is 19.4. The van der Waals surface area contributed by atoms with Gasteiger partial charge >= 0.3 is 6.18 Å². The molecule has 3 rings (SSSR count). The molecule has 2 aromatic rings. The van der Waals surface area contributed by atoms with E-state index in [0.29, 0.717) is 24.2 Å². The molecule has 0 unspecified atom stereocenters. The van der Waals surface area contributed by atoms with Crippen molar-refractivity contribution in [3.63, 3.8) is 0 Å². The van der Waals surface area contributed by atoms with Crippen LogP contribution in [0.1, 0.15) is 41.9 Å². The third-order valence-electron chi connectivity index (χ3n) is 4.25. The number of rotatable bonds is 6. The van der Waals surface area contributed by atoms with Gasteiger partial charge < -0.3 is 4.74 Å². The Morgan fingerprint density at radius 1 is 1.19 bits per heavy atom. The minimum Gasteiger partial charge on any atom is -0.487 e. The third-order valence-corrected chi connectivity index (χ3v) is 4.25. The lowest BCUT2D eigenvalue weighted by atomic mass is 9.90. The maximum absolute atomic E-state index is 12.8. The Bertz CT molecular complexity index is 812. The van der Waals surface area contributed by atoms with Crippen LogP contribution in [0.5, 0.6) is 5.75 Å². The summed E-state index contributed by atoms with van der Waals surface area (Å²) in [5.74, 6) is 0.365. The first-order valence-electron chi connectivity index (χ1n) is 8.31. The van der Waals surface area contributed by atoms with Crippen LogP contribution in [0.15, 0.2) is 36.2 Å². The number of hydrogen-bond donors (Lipinski definition) is 0. The van der Waals surface area contributed by atoms with E-state index < -0.39 is 12.7 Å². The molecule has 0 aromatic carbocycles. The number of nitrogens with zero attached hydrogens (tertiary/aromatic N) is 3. The summed E-state index contributed by atoms with van der Waals surface area (Å²) in [6.45, 7) is -0.913. The molecule has 0 atom stereocenters. The first-order valence-corrected chi connectivity index (χ1v) is 8.31. The van der Waals surface area contributed by atoms with Crippen LogP contribution < -0.4 is 4.74 Å². The second kappa shape index (κ2) is 7.72. The van der Waals surface area contributed by atoms with Crippen molar-refractivity contribution < 1.29 is 22.7 Å². The highest BCUT2D eigenvalue weighted by molar-refractivity contribution is 5.76. The number of carbonyl (C=O) groups is 1. The van der Waals surface area contributed by atoms with Crippen molar-refractivity contribution in [1.82, 2.24) is 14.8 Å². The van der Waals surface area contributed by atoms with E-state index in [0.717, 1.165) is 35.1 Å². The van der Waals surface area contributed by atoms with Gasteiger partial charge in [0.15, 0.2) is 6.29 Å². The minimum absolute atomic E-state index is 0.201. The summed E-state index contributed by atoms with van der Waals surface area (Å²) in [6, 6.07) is 4.91. The predicted molar refractivity (Wildman–Crippen MR) is 88.8 cm³/mol. The number of aromatic nitrogens is 3. The number of carbonyl (C=O) groups excluding carboxylic acids is 1. The number of alkyl halides is 3. The van der Waals surface area contributed by atoms with Gasteiger partial charge in [-0.2, -0.15) is 18.3 Å². The van der Waals surface area contributed by atoms with Crippen molar-refractivity contribution >= 4 is 11.9 Å². The number of halogens is 3. The molecule has 5 nitrogen and oxygen atoms in total. The molecule has 26 heavy (non-hydrogen) atoms. The Morgan fingerprint density at radius 2 is 2.00 bits per heavy atom. The molecule has 2 heterocycles. The zero-order chi connectivity index (χ0) is 18.6. The van der Waals surface area contributed by atoms with Crippen LogP contribution in [0.3, 0.4) is 0 Å². The quantitative estimate of drug-likeness (QED) is 0.725. The zero-order valence-electron chi connectivity index (χ0n) is 14.0. The van der Waals surface area contributed by atoms with Gasteiger partial charge in [-0.1, -0.05) is 0 Å². The molecule has 0 amide bonds. The van der Waals surface area contributed by atoms with Gasteiger partial charge in [0, 0.05) is 12.4 Å². The number of allylic oxidation sites excluding steroid dienone is 1. The highest BCUT2D eigenvalue weighted by Gasteiger charge is 2.30. The molecule has 1 aliphatic rings. The van der Waals surface area contributed by atoms with Crippen LogP contribution in [-0.4, -0.2) is 33.8 Å². The fourth-order valence-electron chi connectivity index (χ4n) is 3.10. The van der Waals surface area contributed by atoms with Crippen LogP contribution in [0.2, 0.25) is 0 Å². The molecular formula is C18H18F3N3O2. The van der Waals surface area contributed by atoms with Gasteiger partial charge in [0.05, 0.1) is 5.69 Å². The summed E-state index contributed by atoms with van der Waals surface area (Å²) in [7, 11) is 0. The van der Waals surface area contributed by atoms with Crippen molar-refractivity contribution in [3.05, 3.63) is 47.6 Å². The van der Waals surface area contributed by atoms with Crippen molar-refractivity contribution in [2.75, 3.05) is 6.61 Å². The molecule has 8 heteroatoms. The van der Waals surface area contributed by atoms with E-state index >= 15 is 0 Å². The van der Waals surface area contributed by atoms with E-state index in [-0.39, 0.29) is 12.3 Å². The Labute approximate surface area is 148 Å². The summed E-state index contributed by atoms with van der Waals surface area (Å²) >= 11 is 0. The second-order valence-electron chi connectivity index (χ2n) is 6.07. The molecule has 0 saturated heterocycles. The van der Waals surface area contributed by atoms with Crippen molar-refractivity contribution in [2.45, 2.75) is 38.4 Å². The minimum atomic E-state index is -4.33. The van der Waals surface area contributed by atoms with E-state index in [1.165, 1.54) is 12.4 Å². The van der Waals surface area contributed by atoms with Gasteiger partial charge in [-0.15, -0.1) is 0 Å². The van der Waals surface area contributed by atoms with E-state index in [1.54, 1.807) is 18.2 Å². The van der Waals surface area contributed by atoms with Crippen molar-refractivity contribution in [3.8, 4) is 5.75 Å². The van der Waals surface area contributed by atoms with E-state index in [9.17, 15) is 18.0 Å². The van der Waals surface area contributed by atoms with E-state index in [1.807, 2.05) is 0 Å². The van der Waals surface area contributed by atoms with Gasteiger partial charge in [-0.05, 0) is 55.0 Å². The summed E-state index contributed by atoms with van der Waals surface area (Å²) < 4.78 is 45.0. The molecule has 0 N–H and O–H groups in total. The molecule has 0 spiro atoms. The first-order chi connectivity index (χ1) is 12.5. The standard InChI is InChI=1S/C18H18F3N3O2/c19-18(20,21)12-24-16(7-9-23-24)14-5-2-1-4-13(14)11-26-17-6-3-8-22-15(17)10-25/h3,6-10H,1-2,4-5,11-12H2. The summed E-state index contributed by atoms with van der Waals surface area (Å²) in [4.78, 5) is 15.0. The highest BCUT2D eigenvalue weighted by Crippen LogP contribution is 2.33. The molecule has 1 aliphatic carbocycles. The predicted octanol–water partition coefficient (Wildman–Crippen LogP) is 4.06. The molecule has 138 valence electrons. The Morgan fingerprint density at radius 3 is 2.77 bits per heavy atom. The average molecular weight is 365 g/mol. The lowest BCUT2D eigenvalue weighted by Crippen LogP contribution is -2.21. The summed E-state index contributed by atoms with van der Waals surface area (Å²) in [5.41, 5.74) is 2.45. The van der Waals surface area contributed by atoms with E-state index in [4.69, 9.17) is 4.74 Å². The molecule has 0 radical (unpaired) electrons.